The number of hydrogen-bond acceptors (Lipinski definition) is 3. The Labute approximate surface area is 170 Å². The molecule has 1 saturated carbocycles. The molecule has 1 aromatic rings. The molecule has 0 aromatic heterocycles. The first-order valence-corrected chi connectivity index (χ1v) is 11.4. The zero-order valence-corrected chi connectivity index (χ0v) is 17.8. The smallest absolute Gasteiger partial charge is 0.253 e. The summed E-state index contributed by atoms with van der Waals surface area (Å²) in [6, 6.07) is 9.20. The van der Waals surface area contributed by atoms with Gasteiger partial charge in [0.25, 0.3) is 5.91 Å². The van der Waals surface area contributed by atoms with Crippen molar-refractivity contribution in [2.45, 2.75) is 63.3 Å². The molecule has 1 aliphatic carbocycles. The van der Waals surface area contributed by atoms with Crippen molar-refractivity contribution in [3.63, 3.8) is 0 Å². The van der Waals surface area contributed by atoms with E-state index >= 15 is 0 Å². The molecule has 3 fully saturated rings. The van der Waals surface area contributed by atoms with Gasteiger partial charge in [0.2, 0.25) is 0 Å². The Bertz CT molecular complexity index is 659. The van der Waals surface area contributed by atoms with Gasteiger partial charge in [0.05, 0.1) is 0 Å². The minimum atomic E-state index is 0.216. The van der Waals surface area contributed by atoms with Crippen LogP contribution in [0.4, 0.5) is 0 Å². The van der Waals surface area contributed by atoms with Crippen LogP contribution in [-0.4, -0.2) is 61.5 Å². The fourth-order valence-electron chi connectivity index (χ4n) is 5.65. The minimum absolute atomic E-state index is 0.216. The van der Waals surface area contributed by atoms with Gasteiger partial charge < -0.3 is 10.2 Å². The fraction of sp³-hybridized carbons (Fsp3) is 0.708. The molecule has 1 unspecified atom stereocenters. The van der Waals surface area contributed by atoms with E-state index in [1.54, 1.807) is 0 Å². The summed E-state index contributed by atoms with van der Waals surface area (Å²) in [4.78, 5) is 17.8. The van der Waals surface area contributed by atoms with E-state index in [1.807, 2.05) is 7.05 Å². The van der Waals surface area contributed by atoms with Crippen molar-refractivity contribution in [3.8, 4) is 0 Å². The van der Waals surface area contributed by atoms with E-state index in [0.29, 0.717) is 11.5 Å². The molecule has 1 N–H and O–H groups in total. The Morgan fingerprint density at radius 2 is 1.79 bits per heavy atom. The van der Waals surface area contributed by atoms with Crippen molar-refractivity contribution in [2.75, 3.05) is 39.8 Å². The van der Waals surface area contributed by atoms with Gasteiger partial charge in [0.15, 0.2) is 0 Å². The second-order valence-electron chi connectivity index (χ2n) is 9.51. The van der Waals surface area contributed by atoms with Gasteiger partial charge in [-0.05, 0) is 75.7 Å². The van der Waals surface area contributed by atoms with Gasteiger partial charge in [-0.15, -0.1) is 0 Å². The summed E-state index contributed by atoms with van der Waals surface area (Å²) in [5.74, 6) is 1.04. The Morgan fingerprint density at radius 3 is 2.36 bits per heavy atom. The van der Waals surface area contributed by atoms with Crippen LogP contribution in [0.2, 0.25) is 0 Å². The quantitative estimate of drug-likeness (QED) is 0.843. The predicted molar refractivity (Wildman–Crippen MR) is 115 cm³/mol. The maximum atomic E-state index is 13.0. The van der Waals surface area contributed by atoms with E-state index in [1.165, 1.54) is 50.8 Å². The van der Waals surface area contributed by atoms with Crippen molar-refractivity contribution in [3.05, 3.63) is 35.4 Å². The minimum Gasteiger partial charge on any atom is -0.339 e. The van der Waals surface area contributed by atoms with Crippen LogP contribution in [0.1, 0.15) is 67.8 Å². The third-order valence-electron chi connectivity index (χ3n) is 7.53. The van der Waals surface area contributed by atoms with Crippen molar-refractivity contribution < 1.29 is 4.79 Å². The molecule has 4 nitrogen and oxygen atoms in total. The summed E-state index contributed by atoms with van der Waals surface area (Å²) in [5.41, 5.74) is 2.54. The normalized spacial score (nSPS) is 26.1. The molecule has 2 heterocycles. The topological polar surface area (TPSA) is 35.6 Å². The van der Waals surface area contributed by atoms with E-state index in [0.717, 1.165) is 44.0 Å². The van der Waals surface area contributed by atoms with Gasteiger partial charge in [0.1, 0.15) is 0 Å². The lowest BCUT2D eigenvalue weighted by Crippen LogP contribution is -2.49. The molecule has 2 saturated heterocycles. The van der Waals surface area contributed by atoms with E-state index in [2.05, 4.69) is 46.3 Å². The molecular weight excluding hydrogens is 346 g/mol. The van der Waals surface area contributed by atoms with Crippen LogP contribution < -0.4 is 5.32 Å². The highest BCUT2D eigenvalue weighted by atomic mass is 16.2. The second kappa shape index (κ2) is 8.54. The summed E-state index contributed by atoms with van der Waals surface area (Å²) in [5, 5.41) is 3.35. The standard InChI is InChI=1S/C24H37N3O/c1-19-5-3-14-27(17-19)22-10-15-26(16-11-22)23(28)20-6-8-21(9-7-20)24(18-25-2)12-4-13-24/h6-9,19,22,25H,3-5,10-18H2,1-2H3. The van der Waals surface area contributed by atoms with Gasteiger partial charge in [-0.25, -0.2) is 0 Å². The summed E-state index contributed by atoms with van der Waals surface area (Å²) in [6.07, 6.45) is 8.78. The molecule has 28 heavy (non-hydrogen) atoms. The number of carbonyl (C=O) groups excluding carboxylic acids is 1. The molecule has 4 heteroatoms. The average Bonchev–Trinajstić information content (AvgIpc) is 2.70. The molecule has 2 aliphatic heterocycles. The first-order chi connectivity index (χ1) is 13.6. The van der Waals surface area contributed by atoms with E-state index in [-0.39, 0.29) is 5.91 Å². The molecule has 154 valence electrons. The van der Waals surface area contributed by atoms with Crippen LogP contribution in [0.3, 0.4) is 0 Å². The molecule has 1 aromatic carbocycles. The average molecular weight is 384 g/mol. The first-order valence-electron chi connectivity index (χ1n) is 11.4. The highest BCUT2D eigenvalue weighted by Crippen LogP contribution is 2.43. The largest absolute Gasteiger partial charge is 0.339 e. The van der Waals surface area contributed by atoms with Crippen molar-refractivity contribution in [1.82, 2.24) is 15.1 Å². The van der Waals surface area contributed by atoms with Crippen LogP contribution in [0.5, 0.6) is 0 Å². The van der Waals surface area contributed by atoms with Crippen LogP contribution in [0, 0.1) is 5.92 Å². The summed E-state index contributed by atoms with van der Waals surface area (Å²) in [6.45, 7) is 7.70. The number of benzene rings is 1. The maximum absolute atomic E-state index is 13.0. The van der Waals surface area contributed by atoms with E-state index in [4.69, 9.17) is 0 Å². The van der Waals surface area contributed by atoms with Gasteiger partial charge in [-0.2, -0.15) is 0 Å². The Hall–Kier alpha value is -1.39. The Morgan fingerprint density at radius 1 is 1.07 bits per heavy atom. The lowest BCUT2D eigenvalue weighted by Gasteiger charge is -2.43. The number of carbonyl (C=O) groups is 1. The number of amides is 1. The van der Waals surface area contributed by atoms with Crippen LogP contribution in [0.25, 0.3) is 0 Å². The van der Waals surface area contributed by atoms with Crippen LogP contribution in [0.15, 0.2) is 24.3 Å². The van der Waals surface area contributed by atoms with Gasteiger partial charge in [-0.1, -0.05) is 25.5 Å². The maximum Gasteiger partial charge on any atom is 0.253 e. The molecule has 3 aliphatic rings. The zero-order valence-electron chi connectivity index (χ0n) is 17.8. The third-order valence-corrected chi connectivity index (χ3v) is 7.53. The molecule has 0 radical (unpaired) electrons. The predicted octanol–water partition coefficient (Wildman–Crippen LogP) is 3.66. The number of hydrogen-bond donors (Lipinski definition) is 1. The summed E-state index contributed by atoms with van der Waals surface area (Å²) in [7, 11) is 2.03. The summed E-state index contributed by atoms with van der Waals surface area (Å²) < 4.78 is 0. The van der Waals surface area contributed by atoms with E-state index < -0.39 is 0 Å². The summed E-state index contributed by atoms with van der Waals surface area (Å²) >= 11 is 0. The van der Waals surface area contributed by atoms with Crippen molar-refractivity contribution in [1.29, 1.82) is 0 Å². The highest BCUT2D eigenvalue weighted by molar-refractivity contribution is 5.94. The van der Waals surface area contributed by atoms with Gasteiger partial charge in [-0.3, -0.25) is 9.69 Å². The molecule has 4 rings (SSSR count). The van der Waals surface area contributed by atoms with Crippen LogP contribution >= 0.6 is 0 Å². The molecular formula is C24H37N3O. The third kappa shape index (κ3) is 3.99. The monoisotopic (exact) mass is 383 g/mol. The number of nitrogens with zero attached hydrogens (tertiary/aromatic N) is 2. The Kier molecular flexibility index (Phi) is 6.07. The number of likely N-dealkylation sites (N-methyl/N-ethyl adjacent to an activating group) is 1. The second-order valence-corrected chi connectivity index (χ2v) is 9.51. The van der Waals surface area contributed by atoms with E-state index in [9.17, 15) is 4.79 Å². The SMILES string of the molecule is CNCC1(c2ccc(C(=O)N3CCC(N4CCCC(C)C4)CC3)cc2)CCC1. The molecule has 1 atom stereocenters. The number of nitrogens with one attached hydrogen (secondary N) is 1. The molecule has 1 amide bonds. The highest BCUT2D eigenvalue weighted by Gasteiger charge is 2.38. The zero-order chi connectivity index (χ0) is 19.6. The molecule has 0 bridgehead atoms. The lowest BCUT2D eigenvalue weighted by atomic mass is 9.64. The first kappa shape index (κ1) is 19.9. The molecule has 0 spiro atoms. The van der Waals surface area contributed by atoms with Crippen molar-refractivity contribution in [2.24, 2.45) is 5.92 Å². The fourth-order valence-corrected chi connectivity index (χ4v) is 5.65. The number of piperidine rings is 2. The van der Waals surface area contributed by atoms with Crippen LogP contribution in [-0.2, 0) is 5.41 Å². The van der Waals surface area contributed by atoms with Gasteiger partial charge in [0, 0.05) is 43.2 Å². The lowest BCUT2D eigenvalue weighted by molar-refractivity contribution is 0.0542. The van der Waals surface area contributed by atoms with Gasteiger partial charge >= 0.3 is 0 Å². The number of likely N-dealkylation sites (tertiary alicyclic amines) is 2. The van der Waals surface area contributed by atoms with Crippen molar-refractivity contribution >= 4 is 5.91 Å². The number of rotatable bonds is 5. The Balaban J connectivity index is 1.34.